The van der Waals surface area contributed by atoms with E-state index in [1.165, 1.54) is 0 Å². The van der Waals surface area contributed by atoms with E-state index in [0.717, 1.165) is 16.9 Å². The van der Waals surface area contributed by atoms with Crippen molar-refractivity contribution in [1.82, 2.24) is 0 Å². The van der Waals surface area contributed by atoms with Gasteiger partial charge in [0.15, 0.2) is 0 Å². The first kappa shape index (κ1) is 18.5. The molecule has 3 aromatic carbocycles. The molecule has 0 spiro atoms. The molecule has 0 amide bonds. The first-order valence-corrected chi connectivity index (χ1v) is 8.70. The van der Waals surface area contributed by atoms with Gasteiger partial charge >= 0.3 is 0 Å². The average Bonchev–Trinajstić information content (AvgIpc) is 2.68. The number of rotatable bonds is 7. The summed E-state index contributed by atoms with van der Waals surface area (Å²) >= 11 is 0. The fourth-order valence-electron chi connectivity index (χ4n) is 2.89. The summed E-state index contributed by atoms with van der Waals surface area (Å²) in [7, 11) is 1.59. The monoisotopic (exact) mass is 366 g/mol. The van der Waals surface area contributed by atoms with Crippen LogP contribution in [0.1, 0.15) is 30.9 Å². The lowest BCUT2D eigenvalue weighted by atomic mass is 10.0. The number of nitrogens with one attached hydrogen (secondary N) is 2. The average molecular weight is 366 g/mol. The third-order valence-electron chi connectivity index (χ3n) is 4.43. The summed E-state index contributed by atoms with van der Waals surface area (Å²) in [4.78, 5) is 24.0. The van der Waals surface area contributed by atoms with E-state index >= 15 is 0 Å². The van der Waals surface area contributed by atoms with Crippen molar-refractivity contribution < 1.29 is 9.84 Å². The van der Waals surface area contributed by atoms with Crippen LogP contribution in [-0.2, 0) is 6.54 Å². The maximum atomic E-state index is 12.0. The molecule has 0 saturated heterocycles. The summed E-state index contributed by atoms with van der Waals surface area (Å²) in [6, 6.07) is 12.5. The molecule has 0 aliphatic rings. The molecule has 3 N–H and O–H groups in total. The zero-order valence-corrected chi connectivity index (χ0v) is 15.5. The van der Waals surface area contributed by atoms with E-state index in [0.29, 0.717) is 12.2 Å². The van der Waals surface area contributed by atoms with Crippen LogP contribution in [0.15, 0.2) is 52.1 Å². The Balaban J connectivity index is 1.79. The number of anilines is 3. The van der Waals surface area contributed by atoms with Crippen LogP contribution < -0.4 is 26.2 Å². The molecule has 0 saturated carbocycles. The standard InChI is InChI=1S/C21H22N2O4/c1-12(2)16-10-14(7-8-17(16)24)23-19-18(20(25)21(19)26)22-11-13-5-4-6-15(9-13)27-3/h4-10,12,22-24H,11H2,1-3H3. The molecule has 27 heavy (non-hydrogen) atoms. The second-order valence-corrected chi connectivity index (χ2v) is 6.67. The Morgan fingerprint density at radius 2 is 1.78 bits per heavy atom. The Hall–Kier alpha value is -3.28. The normalized spacial score (nSPS) is 11.0. The van der Waals surface area contributed by atoms with E-state index in [1.807, 2.05) is 38.1 Å². The van der Waals surface area contributed by atoms with Crippen LogP contribution in [0.4, 0.5) is 17.1 Å². The van der Waals surface area contributed by atoms with Crippen molar-refractivity contribution in [3.63, 3.8) is 0 Å². The highest BCUT2D eigenvalue weighted by atomic mass is 16.5. The predicted octanol–water partition coefficient (Wildman–Crippen LogP) is 3.48. The van der Waals surface area contributed by atoms with Gasteiger partial charge < -0.3 is 20.5 Å². The predicted molar refractivity (Wildman–Crippen MR) is 107 cm³/mol. The third-order valence-corrected chi connectivity index (χ3v) is 4.43. The SMILES string of the molecule is COc1cccc(CNc2c(Nc3ccc(O)c(C(C)C)c3)c(=O)c2=O)c1. The van der Waals surface area contributed by atoms with Gasteiger partial charge in [0.25, 0.3) is 10.9 Å². The second-order valence-electron chi connectivity index (χ2n) is 6.67. The Bertz CT molecular complexity index is 1030. The first-order chi connectivity index (χ1) is 12.9. The molecule has 0 heterocycles. The smallest absolute Gasteiger partial charge is 0.253 e. The minimum absolute atomic E-state index is 0.130. The van der Waals surface area contributed by atoms with Crippen LogP contribution in [0.25, 0.3) is 0 Å². The van der Waals surface area contributed by atoms with Gasteiger partial charge in [-0.05, 0) is 47.4 Å². The molecule has 6 heteroatoms. The number of hydrogen-bond donors (Lipinski definition) is 3. The minimum Gasteiger partial charge on any atom is -0.508 e. The van der Waals surface area contributed by atoms with Gasteiger partial charge in [-0.25, -0.2) is 0 Å². The molecule has 0 aliphatic heterocycles. The van der Waals surface area contributed by atoms with E-state index in [4.69, 9.17) is 4.74 Å². The maximum Gasteiger partial charge on any atom is 0.253 e. The zero-order chi connectivity index (χ0) is 19.6. The zero-order valence-electron chi connectivity index (χ0n) is 15.5. The van der Waals surface area contributed by atoms with Crippen molar-refractivity contribution in [2.45, 2.75) is 26.3 Å². The molecule has 0 unspecified atom stereocenters. The highest BCUT2D eigenvalue weighted by Crippen LogP contribution is 2.30. The van der Waals surface area contributed by atoms with Crippen molar-refractivity contribution in [1.29, 1.82) is 0 Å². The van der Waals surface area contributed by atoms with Crippen LogP contribution in [-0.4, -0.2) is 12.2 Å². The molecule has 0 aliphatic carbocycles. The van der Waals surface area contributed by atoms with Gasteiger partial charge in [-0.3, -0.25) is 9.59 Å². The molecule has 0 fully saturated rings. The molecule has 140 valence electrons. The third kappa shape index (κ3) is 3.79. The summed E-state index contributed by atoms with van der Waals surface area (Å²) in [5, 5.41) is 16.0. The molecule has 0 radical (unpaired) electrons. The maximum absolute atomic E-state index is 12.0. The fraction of sp³-hybridized carbons (Fsp3) is 0.238. The molecular weight excluding hydrogens is 344 g/mol. The largest absolute Gasteiger partial charge is 0.508 e. The minimum atomic E-state index is -0.553. The fourth-order valence-corrected chi connectivity index (χ4v) is 2.89. The van der Waals surface area contributed by atoms with Crippen LogP contribution in [0.3, 0.4) is 0 Å². The lowest BCUT2D eigenvalue weighted by Crippen LogP contribution is -2.36. The second kappa shape index (κ2) is 7.53. The van der Waals surface area contributed by atoms with E-state index < -0.39 is 10.9 Å². The van der Waals surface area contributed by atoms with E-state index in [9.17, 15) is 14.7 Å². The molecular formula is C21H22N2O4. The number of methoxy groups -OCH3 is 1. The van der Waals surface area contributed by atoms with Gasteiger partial charge in [-0.15, -0.1) is 0 Å². The summed E-state index contributed by atoms with van der Waals surface area (Å²) in [5.74, 6) is 1.06. The van der Waals surface area contributed by atoms with E-state index in [1.54, 1.807) is 25.3 Å². The molecule has 3 aromatic rings. The lowest BCUT2D eigenvalue weighted by molar-refractivity contribution is 0.414. The number of phenols is 1. The van der Waals surface area contributed by atoms with Crippen LogP contribution in [0.5, 0.6) is 11.5 Å². The van der Waals surface area contributed by atoms with Gasteiger partial charge in [0.2, 0.25) is 0 Å². The molecule has 0 atom stereocenters. The van der Waals surface area contributed by atoms with Crippen molar-refractivity contribution in [3.05, 3.63) is 74.0 Å². The quantitative estimate of drug-likeness (QED) is 0.438. The Morgan fingerprint density at radius 3 is 2.48 bits per heavy atom. The highest BCUT2D eigenvalue weighted by molar-refractivity contribution is 5.79. The Labute approximate surface area is 157 Å². The number of benzene rings is 2. The highest BCUT2D eigenvalue weighted by Gasteiger charge is 2.21. The van der Waals surface area contributed by atoms with Crippen molar-refractivity contribution >= 4 is 17.1 Å². The van der Waals surface area contributed by atoms with Gasteiger partial charge in [-0.1, -0.05) is 26.0 Å². The summed E-state index contributed by atoms with van der Waals surface area (Å²) in [5.41, 5.74) is 1.76. The van der Waals surface area contributed by atoms with Gasteiger partial charge in [0.05, 0.1) is 7.11 Å². The van der Waals surface area contributed by atoms with Crippen LogP contribution in [0, 0.1) is 0 Å². The lowest BCUT2D eigenvalue weighted by Gasteiger charge is -2.17. The molecule has 0 aromatic heterocycles. The summed E-state index contributed by atoms with van der Waals surface area (Å²) in [6.07, 6.45) is 0. The van der Waals surface area contributed by atoms with Crippen LogP contribution >= 0.6 is 0 Å². The summed E-state index contributed by atoms with van der Waals surface area (Å²) in [6.45, 7) is 4.33. The number of aromatic hydroxyl groups is 1. The first-order valence-electron chi connectivity index (χ1n) is 8.70. The van der Waals surface area contributed by atoms with Crippen molar-refractivity contribution in [2.75, 3.05) is 17.7 Å². The van der Waals surface area contributed by atoms with Crippen LogP contribution in [0.2, 0.25) is 0 Å². The number of hydrogen-bond acceptors (Lipinski definition) is 6. The topological polar surface area (TPSA) is 87.7 Å². The van der Waals surface area contributed by atoms with Gasteiger partial charge in [0.1, 0.15) is 22.9 Å². The van der Waals surface area contributed by atoms with Gasteiger partial charge in [0, 0.05) is 12.2 Å². The molecule has 3 rings (SSSR count). The Morgan fingerprint density at radius 1 is 1.04 bits per heavy atom. The van der Waals surface area contributed by atoms with Crippen molar-refractivity contribution in [3.8, 4) is 11.5 Å². The number of phenolic OH excluding ortho intramolecular Hbond substituents is 1. The van der Waals surface area contributed by atoms with Crippen molar-refractivity contribution in [2.24, 2.45) is 0 Å². The Kier molecular flexibility index (Phi) is 5.16. The number of ether oxygens (including phenoxy) is 1. The molecule has 6 nitrogen and oxygen atoms in total. The van der Waals surface area contributed by atoms with Gasteiger partial charge in [-0.2, -0.15) is 0 Å². The van der Waals surface area contributed by atoms with E-state index in [2.05, 4.69) is 10.6 Å². The molecule has 0 bridgehead atoms. The summed E-state index contributed by atoms with van der Waals surface area (Å²) < 4.78 is 5.19. The van der Waals surface area contributed by atoms with E-state index in [-0.39, 0.29) is 23.0 Å².